The van der Waals surface area contributed by atoms with Gasteiger partial charge in [0, 0.05) is 11.3 Å². The first-order valence-corrected chi connectivity index (χ1v) is 7.00. The van der Waals surface area contributed by atoms with Crippen molar-refractivity contribution >= 4 is 23.6 Å². The molecule has 0 aliphatic carbocycles. The fraction of sp³-hybridized carbons (Fsp3) is 0.385. The lowest BCUT2D eigenvalue weighted by molar-refractivity contribution is -0.141. The van der Waals surface area contributed by atoms with E-state index in [9.17, 15) is 9.59 Å². The molecular formula is C13H15NO3S. The van der Waals surface area contributed by atoms with Crippen LogP contribution in [0.25, 0.3) is 0 Å². The number of rotatable bonds is 4. The van der Waals surface area contributed by atoms with Crippen molar-refractivity contribution in [1.82, 2.24) is 5.32 Å². The molecule has 1 N–H and O–H groups in total. The van der Waals surface area contributed by atoms with Gasteiger partial charge in [0.1, 0.15) is 6.04 Å². The fourth-order valence-corrected chi connectivity index (χ4v) is 2.32. The fourth-order valence-electron chi connectivity index (χ4n) is 1.84. The summed E-state index contributed by atoms with van der Waals surface area (Å²) in [6, 6.07) is 7.35. The first-order chi connectivity index (χ1) is 8.69. The Morgan fingerprint density at radius 2 is 2.39 bits per heavy atom. The molecule has 0 aromatic heterocycles. The van der Waals surface area contributed by atoms with E-state index in [2.05, 4.69) is 5.32 Å². The number of hydrogen-bond acceptors (Lipinski definition) is 4. The topological polar surface area (TPSA) is 55.4 Å². The number of hydrogen-bond donors (Lipinski definition) is 1. The molecule has 1 fully saturated rings. The van der Waals surface area contributed by atoms with Crippen molar-refractivity contribution < 1.29 is 14.3 Å². The van der Waals surface area contributed by atoms with E-state index in [0.717, 1.165) is 10.5 Å². The molecule has 18 heavy (non-hydrogen) atoms. The summed E-state index contributed by atoms with van der Waals surface area (Å²) in [7, 11) is 0. The average molecular weight is 265 g/mol. The summed E-state index contributed by atoms with van der Waals surface area (Å²) in [6.07, 6.45) is 2.85. The first kappa shape index (κ1) is 13.0. The van der Waals surface area contributed by atoms with Crippen molar-refractivity contribution in [3.8, 4) is 0 Å². The van der Waals surface area contributed by atoms with Gasteiger partial charge in [-0.15, -0.1) is 11.8 Å². The Bertz CT molecular complexity index is 461. The van der Waals surface area contributed by atoms with Gasteiger partial charge in [0.2, 0.25) is 5.91 Å². The van der Waals surface area contributed by atoms with E-state index in [1.807, 2.05) is 30.5 Å². The highest BCUT2D eigenvalue weighted by atomic mass is 32.2. The normalized spacial score (nSPS) is 18.5. The molecule has 0 spiro atoms. The molecule has 4 nitrogen and oxygen atoms in total. The molecule has 96 valence electrons. The van der Waals surface area contributed by atoms with Gasteiger partial charge in [-0.25, -0.2) is 4.79 Å². The van der Waals surface area contributed by atoms with Crippen LogP contribution in [-0.2, 0) is 20.7 Å². The maximum absolute atomic E-state index is 11.8. The maximum atomic E-state index is 11.8. The predicted octanol–water partition coefficient (Wildman–Crippen LogP) is 1.38. The van der Waals surface area contributed by atoms with Crippen molar-refractivity contribution in [2.75, 3.05) is 12.9 Å². The SMILES string of the molecule is CSc1cccc(CC(=O)NC2CCOC2=O)c1. The number of cyclic esters (lactones) is 1. The Balaban J connectivity index is 1.92. The quantitative estimate of drug-likeness (QED) is 0.660. The highest BCUT2D eigenvalue weighted by molar-refractivity contribution is 7.98. The van der Waals surface area contributed by atoms with Gasteiger partial charge in [-0.3, -0.25) is 4.79 Å². The van der Waals surface area contributed by atoms with Gasteiger partial charge in [-0.1, -0.05) is 12.1 Å². The summed E-state index contributed by atoms with van der Waals surface area (Å²) in [5.41, 5.74) is 0.950. The number of esters is 1. The van der Waals surface area contributed by atoms with Crippen LogP contribution in [0.15, 0.2) is 29.2 Å². The molecule has 0 bridgehead atoms. The van der Waals surface area contributed by atoms with E-state index in [0.29, 0.717) is 13.0 Å². The molecule has 1 aromatic rings. The second kappa shape index (κ2) is 5.91. The van der Waals surface area contributed by atoms with Gasteiger partial charge >= 0.3 is 5.97 Å². The minimum atomic E-state index is -0.471. The van der Waals surface area contributed by atoms with Crippen LogP contribution in [0.4, 0.5) is 0 Å². The lowest BCUT2D eigenvalue weighted by atomic mass is 10.1. The van der Waals surface area contributed by atoms with Crippen LogP contribution in [0.3, 0.4) is 0 Å². The molecule has 1 aromatic carbocycles. The standard InChI is InChI=1S/C13H15NO3S/c1-18-10-4-2-3-9(7-10)8-12(15)14-11-5-6-17-13(11)16/h2-4,7,11H,5-6,8H2,1H3,(H,14,15). The van der Waals surface area contributed by atoms with E-state index >= 15 is 0 Å². The van der Waals surface area contributed by atoms with Crippen LogP contribution in [0.1, 0.15) is 12.0 Å². The Kier molecular flexibility index (Phi) is 4.25. The summed E-state index contributed by atoms with van der Waals surface area (Å²) >= 11 is 1.64. The number of carbonyl (C=O) groups is 2. The number of thioether (sulfide) groups is 1. The number of benzene rings is 1. The second-order valence-corrected chi connectivity index (χ2v) is 4.98. The van der Waals surface area contributed by atoms with Gasteiger partial charge in [-0.2, -0.15) is 0 Å². The van der Waals surface area contributed by atoms with Crippen molar-refractivity contribution in [3.63, 3.8) is 0 Å². The zero-order valence-electron chi connectivity index (χ0n) is 10.1. The summed E-state index contributed by atoms with van der Waals surface area (Å²) in [5.74, 6) is -0.474. The Morgan fingerprint density at radius 3 is 3.06 bits per heavy atom. The van der Waals surface area contributed by atoms with E-state index in [1.54, 1.807) is 11.8 Å². The minimum Gasteiger partial charge on any atom is -0.464 e. The molecule has 1 saturated heterocycles. The van der Waals surface area contributed by atoms with Crippen LogP contribution < -0.4 is 5.32 Å². The van der Waals surface area contributed by atoms with Crippen LogP contribution >= 0.6 is 11.8 Å². The molecule has 1 aliphatic heterocycles. The van der Waals surface area contributed by atoms with Crippen LogP contribution in [0, 0.1) is 0 Å². The predicted molar refractivity (Wildman–Crippen MR) is 69.4 cm³/mol. The largest absolute Gasteiger partial charge is 0.464 e. The zero-order chi connectivity index (χ0) is 13.0. The summed E-state index contributed by atoms with van der Waals surface area (Å²) in [6.45, 7) is 0.395. The third kappa shape index (κ3) is 3.26. The molecule has 1 unspecified atom stereocenters. The molecule has 1 atom stereocenters. The van der Waals surface area contributed by atoms with E-state index in [-0.39, 0.29) is 18.3 Å². The molecule has 2 rings (SSSR count). The highest BCUT2D eigenvalue weighted by Crippen LogP contribution is 2.16. The van der Waals surface area contributed by atoms with E-state index < -0.39 is 6.04 Å². The first-order valence-electron chi connectivity index (χ1n) is 5.78. The number of ether oxygens (including phenoxy) is 1. The zero-order valence-corrected chi connectivity index (χ0v) is 11.0. The summed E-state index contributed by atoms with van der Waals surface area (Å²) in [4.78, 5) is 24.1. The van der Waals surface area contributed by atoms with Crippen molar-refractivity contribution in [2.45, 2.75) is 23.8 Å². The highest BCUT2D eigenvalue weighted by Gasteiger charge is 2.27. The van der Waals surface area contributed by atoms with Gasteiger partial charge in [0.05, 0.1) is 13.0 Å². The van der Waals surface area contributed by atoms with E-state index in [1.165, 1.54) is 0 Å². The lowest BCUT2D eigenvalue weighted by Gasteiger charge is -2.09. The maximum Gasteiger partial charge on any atom is 0.328 e. The van der Waals surface area contributed by atoms with Crippen LogP contribution in [0.2, 0.25) is 0 Å². The van der Waals surface area contributed by atoms with E-state index in [4.69, 9.17) is 4.74 Å². The Hall–Kier alpha value is -1.49. The molecule has 5 heteroatoms. The minimum absolute atomic E-state index is 0.142. The van der Waals surface area contributed by atoms with Crippen molar-refractivity contribution in [1.29, 1.82) is 0 Å². The van der Waals surface area contributed by atoms with Gasteiger partial charge in [0.15, 0.2) is 0 Å². The monoisotopic (exact) mass is 265 g/mol. The molecule has 1 aliphatic rings. The third-order valence-electron chi connectivity index (χ3n) is 2.77. The summed E-state index contributed by atoms with van der Waals surface area (Å²) in [5, 5.41) is 2.69. The molecular weight excluding hydrogens is 250 g/mol. The molecule has 0 saturated carbocycles. The lowest BCUT2D eigenvalue weighted by Crippen LogP contribution is -2.38. The van der Waals surface area contributed by atoms with Crippen molar-refractivity contribution in [2.24, 2.45) is 0 Å². The smallest absolute Gasteiger partial charge is 0.328 e. The number of amides is 1. The Morgan fingerprint density at radius 1 is 1.56 bits per heavy atom. The number of carbonyl (C=O) groups excluding carboxylic acids is 2. The van der Waals surface area contributed by atoms with Gasteiger partial charge in [-0.05, 0) is 24.0 Å². The van der Waals surface area contributed by atoms with Crippen LogP contribution in [-0.4, -0.2) is 30.8 Å². The second-order valence-electron chi connectivity index (χ2n) is 4.10. The van der Waals surface area contributed by atoms with Crippen LogP contribution in [0.5, 0.6) is 0 Å². The van der Waals surface area contributed by atoms with Crippen molar-refractivity contribution in [3.05, 3.63) is 29.8 Å². The molecule has 1 amide bonds. The summed E-state index contributed by atoms with van der Waals surface area (Å²) < 4.78 is 4.80. The molecule has 1 heterocycles. The number of nitrogens with one attached hydrogen (secondary N) is 1. The van der Waals surface area contributed by atoms with Gasteiger partial charge < -0.3 is 10.1 Å². The molecule has 0 radical (unpaired) electrons. The third-order valence-corrected chi connectivity index (χ3v) is 3.49. The van der Waals surface area contributed by atoms with Gasteiger partial charge in [0.25, 0.3) is 0 Å². The average Bonchev–Trinajstić information content (AvgIpc) is 2.75. The Labute approximate surface area is 110 Å².